The number of rotatable bonds is 8. The molecule has 0 radical (unpaired) electrons. The van der Waals surface area contributed by atoms with Gasteiger partial charge in [-0.25, -0.2) is 32.6 Å². The second-order valence-electron chi connectivity index (χ2n) is 8.82. The topological polar surface area (TPSA) is 202 Å². The van der Waals surface area contributed by atoms with Crippen LogP contribution in [0.1, 0.15) is 23.2 Å². The maximum absolute atomic E-state index is 11.8. The normalized spacial score (nSPS) is 15.0. The van der Waals surface area contributed by atoms with Gasteiger partial charge in [-0.05, 0) is 43.0 Å². The first-order chi connectivity index (χ1) is 18.3. The third kappa shape index (κ3) is 4.99. The molecule has 1 aliphatic heterocycles. The zero-order chi connectivity index (χ0) is 26.9. The molecule has 4 N–H and O–H groups in total. The molecule has 38 heavy (non-hydrogen) atoms. The Kier molecular flexibility index (Phi) is 6.66. The number of pyridine rings is 1. The molecule has 0 spiro atoms. The van der Waals surface area contributed by atoms with Gasteiger partial charge in [0.2, 0.25) is 10.0 Å². The molecule has 15 heteroatoms. The van der Waals surface area contributed by atoms with E-state index in [1.807, 2.05) is 10.7 Å². The van der Waals surface area contributed by atoms with Crippen LogP contribution in [0.3, 0.4) is 0 Å². The molecule has 0 atom stereocenters. The molecular weight excluding hydrogens is 514 g/mol. The number of phenols is 1. The van der Waals surface area contributed by atoms with E-state index in [4.69, 9.17) is 5.26 Å². The van der Waals surface area contributed by atoms with Gasteiger partial charge in [0, 0.05) is 31.2 Å². The molecule has 1 aromatic carbocycles. The lowest BCUT2D eigenvalue weighted by Gasteiger charge is -2.34. The lowest BCUT2D eigenvalue weighted by atomic mass is 9.98. The zero-order valence-electron chi connectivity index (χ0n) is 19.9. The van der Waals surface area contributed by atoms with Crippen molar-refractivity contribution in [3.8, 4) is 11.8 Å². The van der Waals surface area contributed by atoms with Crippen molar-refractivity contribution >= 4 is 49.7 Å². The highest BCUT2D eigenvalue weighted by Gasteiger charge is 2.26. The minimum atomic E-state index is -3.62. The molecule has 0 aliphatic carbocycles. The highest BCUT2D eigenvalue weighted by molar-refractivity contribution is 7.89. The fourth-order valence-corrected chi connectivity index (χ4v) is 5.20. The highest BCUT2D eigenvalue weighted by Crippen LogP contribution is 2.31. The number of aromatic nitrogens is 4. The van der Waals surface area contributed by atoms with Gasteiger partial charge in [0.05, 0.1) is 18.0 Å². The fourth-order valence-electron chi connectivity index (χ4n) is 4.44. The largest absolute Gasteiger partial charge is 0.507 e. The number of piperidine rings is 1. The van der Waals surface area contributed by atoms with Crippen molar-refractivity contribution in [3.05, 3.63) is 42.2 Å². The molecule has 4 heterocycles. The molecule has 4 aromatic rings. The molecule has 5 rings (SSSR count). The highest BCUT2D eigenvalue weighted by atomic mass is 32.2. The summed E-state index contributed by atoms with van der Waals surface area (Å²) in [5.41, 5.74) is 1.98. The Labute approximate surface area is 216 Å². The van der Waals surface area contributed by atoms with E-state index in [0.717, 1.165) is 10.9 Å². The summed E-state index contributed by atoms with van der Waals surface area (Å²) < 4.78 is 28.0. The van der Waals surface area contributed by atoms with Crippen molar-refractivity contribution in [1.29, 1.82) is 5.26 Å². The fraction of sp³-hybridized carbons (Fsp3) is 0.304. The van der Waals surface area contributed by atoms with Crippen LogP contribution >= 0.6 is 0 Å². The van der Waals surface area contributed by atoms with E-state index >= 15 is 0 Å². The van der Waals surface area contributed by atoms with Crippen LogP contribution < -0.4 is 9.73 Å². The smallest absolute Gasteiger partial charge is 0.339 e. The number of hydrogen-bond acceptors (Lipinski definition) is 10. The van der Waals surface area contributed by atoms with Crippen molar-refractivity contribution in [3.63, 3.8) is 0 Å². The Morgan fingerprint density at radius 3 is 2.79 bits per heavy atom. The number of sulfonamides is 1. The maximum Gasteiger partial charge on any atom is 0.339 e. The third-order valence-corrected chi connectivity index (χ3v) is 7.46. The van der Waals surface area contributed by atoms with Crippen LogP contribution in [-0.4, -0.2) is 69.6 Å². The number of carboxylic acid groups (broad SMARTS) is 1. The molecule has 1 aliphatic rings. The molecule has 0 unspecified atom stereocenters. The van der Waals surface area contributed by atoms with Crippen LogP contribution in [0, 0.1) is 17.2 Å². The Hall–Kier alpha value is -4.55. The van der Waals surface area contributed by atoms with E-state index in [9.17, 15) is 23.4 Å². The standard InChI is InChI=1S/C23H23N9O5S/c24-6-10-38(36,37)27-12-14-4-8-31(9-5-14)32-20-16-3-7-25-21(16)26-13-18(20)28-23(32)30-29-15-1-2-19(33)17(11-15)22(34)35/h1-3,7,11,13-14,27,33H,4-5,8-10,12H2,(H,25,26)(H,34,35). The number of aromatic carboxylic acids is 1. The van der Waals surface area contributed by atoms with E-state index in [1.165, 1.54) is 18.2 Å². The summed E-state index contributed by atoms with van der Waals surface area (Å²) in [6.45, 7) is 1.41. The zero-order valence-corrected chi connectivity index (χ0v) is 20.8. The van der Waals surface area contributed by atoms with E-state index in [1.54, 1.807) is 18.5 Å². The predicted octanol–water partition coefficient (Wildman–Crippen LogP) is 2.52. The van der Waals surface area contributed by atoms with Crippen LogP contribution in [0.4, 0.5) is 11.6 Å². The number of aromatic amines is 1. The van der Waals surface area contributed by atoms with E-state index < -0.39 is 21.7 Å². The van der Waals surface area contributed by atoms with E-state index in [-0.39, 0.29) is 35.4 Å². The Morgan fingerprint density at radius 1 is 1.26 bits per heavy atom. The average molecular weight is 538 g/mol. The summed E-state index contributed by atoms with van der Waals surface area (Å²) in [7, 11) is -3.62. The third-order valence-electron chi connectivity index (χ3n) is 6.35. The second kappa shape index (κ2) is 10.1. The number of azo groups is 1. The van der Waals surface area contributed by atoms with Crippen molar-refractivity contribution in [2.24, 2.45) is 16.1 Å². The number of nitriles is 1. The van der Waals surface area contributed by atoms with Crippen LogP contribution in [-0.2, 0) is 10.0 Å². The van der Waals surface area contributed by atoms with Gasteiger partial charge in [0.1, 0.15) is 28.0 Å². The summed E-state index contributed by atoms with van der Waals surface area (Å²) >= 11 is 0. The number of nitrogens with one attached hydrogen (secondary N) is 2. The quantitative estimate of drug-likeness (QED) is 0.244. The molecule has 1 fully saturated rings. The van der Waals surface area contributed by atoms with Crippen molar-refractivity contribution in [2.75, 3.05) is 30.4 Å². The number of H-pyrrole nitrogens is 1. The van der Waals surface area contributed by atoms with Crippen LogP contribution in [0.25, 0.3) is 22.1 Å². The van der Waals surface area contributed by atoms with Gasteiger partial charge in [-0.1, -0.05) is 0 Å². The van der Waals surface area contributed by atoms with Gasteiger partial charge in [0.15, 0.2) is 5.75 Å². The van der Waals surface area contributed by atoms with Gasteiger partial charge in [-0.2, -0.15) is 5.26 Å². The van der Waals surface area contributed by atoms with Crippen LogP contribution in [0.15, 0.2) is 46.9 Å². The minimum Gasteiger partial charge on any atom is -0.507 e. The summed E-state index contributed by atoms with van der Waals surface area (Å²) in [6, 6.07) is 7.45. The Bertz CT molecular complexity index is 1700. The lowest BCUT2D eigenvalue weighted by Crippen LogP contribution is -2.44. The minimum absolute atomic E-state index is 0.0972. The van der Waals surface area contributed by atoms with E-state index in [0.29, 0.717) is 37.1 Å². The van der Waals surface area contributed by atoms with Gasteiger partial charge in [0.25, 0.3) is 5.95 Å². The Balaban J connectivity index is 1.46. The lowest BCUT2D eigenvalue weighted by molar-refractivity contribution is 0.0693. The summed E-state index contributed by atoms with van der Waals surface area (Å²) in [4.78, 5) is 23.5. The molecular formula is C23H23N9O5S. The SMILES string of the molecule is N#CCS(=O)(=O)NCC1CCN(n2c(N=Nc3ccc(O)c(C(=O)O)c3)nc3cnc4[nH]ccc4c32)CC1. The van der Waals surface area contributed by atoms with Gasteiger partial charge in [-0.3, -0.25) is 0 Å². The second-order valence-corrected chi connectivity index (χ2v) is 10.6. The first-order valence-corrected chi connectivity index (χ1v) is 13.3. The predicted molar refractivity (Wildman–Crippen MR) is 137 cm³/mol. The number of nitrogens with zero attached hydrogens (tertiary/aromatic N) is 7. The summed E-state index contributed by atoms with van der Waals surface area (Å²) in [5, 5.41) is 39.1. The van der Waals surface area contributed by atoms with Crippen molar-refractivity contribution in [2.45, 2.75) is 12.8 Å². The molecule has 3 aromatic heterocycles. The molecule has 196 valence electrons. The molecule has 1 saturated heterocycles. The maximum atomic E-state index is 11.8. The average Bonchev–Trinajstić information content (AvgIpc) is 3.51. The van der Waals surface area contributed by atoms with E-state index in [2.05, 4.69) is 34.9 Å². The number of imidazole rings is 1. The summed E-state index contributed by atoms with van der Waals surface area (Å²) in [5.74, 6) is -1.88. The number of fused-ring (bicyclic) bond motifs is 3. The van der Waals surface area contributed by atoms with Crippen LogP contribution in [0.2, 0.25) is 0 Å². The van der Waals surface area contributed by atoms with Gasteiger partial charge in [-0.15, -0.1) is 10.2 Å². The summed E-state index contributed by atoms with van der Waals surface area (Å²) in [6.07, 6.45) is 4.78. The molecule has 14 nitrogen and oxygen atoms in total. The molecule has 0 bridgehead atoms. The number of benzene rings is 1. The van der Waals surface area contributed by atoms with Gasteiger partial charge >= 0.3 is 5.97 Å². The van der Waals surface area contributed by atoms with Crippen molar-refractivity contribution in [1.82, 2.24) is 24.4 Å². The molecule has 0 saturated carbocycles. The Morgan fingerprint density at radius 2 is 2.05 bits per heavy atom. The number of carbonyl (C=O) groups is 1. The first-order valence-electron chi connectivity index (χ1n) is 11.7. The molecule has 0 amide bonds. The first kappa shape index (κ1) is 25.1. The number of aromatic hydroxyl groups is 1. The van der Waals surface area contributed by atoms with Crippen molar-refractivity contribution < 1.29 is 23.4 Å². The number of carboxylic acids is 1. The van der Waals surface area contributed by atoms with Crippen LogP contribution in [0.5, 0.6) is 5.75 Å². The number of hydrogen-bond donors (Lipinski definition) is 4. The monoisotopic (exact) mass is 537 g/mol. The van der Waals surface area contributed by atoms with Gasteiger partial charge < -0.3 is 20.2 Å².